The molecule has 0 bridgehead atoms. The molecule has 176 valence electrons. The van der Waals surface area contributed by atoms with Gasteiger partial charge in [0.05, 0.1) is 6.07 Å². The molecule has 4 aliphatic heterocycles. The lowest BCUT2D eigenvalue weighted by Crippen LogP contribution is -2.45. The Kier molecular flexibility index (Phi) is 5.09. The van der Waals surface area contributed by atoms with Crippen molar-refractivity contribution in [3.8, 4) is 11.8 Å². The predicted molar refractivity (Wildman–Crippen MR) is 138 cm³/mol. The molecule has 4 nitrogen and oxygen atoms in total. The van der Waals surface area contributed by atoms with E-state index in [4.69, 9.17) is 9.47 Å². The molecule has 4 heterocycles. The van der Waals surface area contributed by atoms with Crippen LogP contribution in [0.25, 0.3) is 5.57 Å². The van der Waals surface area contributed by atoms with Gasteiger partial charge in [0.1, 0.15) is 23.0 Å². The summed E-state index contributed by atoms with van der Waals surface area (Å²) in [6, 6.07) is 4.62. The number of ether oxygens (including phenoxy) is 2. The number of nitriles is 1. The Labute approximate surface area is 203 Å². The molecule has 0 amide bonds. The molecule has 34 heavy (non-hydrogen) atoms. The van der Waals surface area contributed by atoms with Crippen molar-refractivity contribution in [3.05, 3.63) is 75.5 Å². The SMILES string of the molecule is CC1=C/C(=C(/C)C#N)C=C(/C=C2\C=C(C)c3cc4c5c(c3O2)C(C)(C)CCN5CCC4(C)C)O1. The zero-order chi connectivity index (χ0) is 24.4. The Bertz CT molecular complexity index is 1290. The van der Waals surface area contributed by atoms with Gasteiger partial charge in [-0.05, 0) is 85.4 Å². The van der Waals surface area contributed by atoms with E-state index >= 15 is 0 Å². The summed E-state index contributed by atoms with van der Waals surface area (Å²) in [6.45, 7) is 17.5. The van der Waals surface area contributed by atoms with Crippen molar-refractivity contribution in [2.24, 2.45) is 0 Å². The van der Waals surface area contributed by atoms with Crippen LogP contribution in [0.3, 0.4) is 0 Å². The van der Waals surface area contributed by atoms with Gasteiger partial charge in [-0.25, -0.2) is 0 Å². The Morgan fingerprint density at radius 1 is 1.03 bits per heavy atom. The highest BCUT2D eigenvalue weighted by Gasteiger charge is 2.43. The molecule has 0 atom stereocenters. The molecule has 0 unspecified atom stereocenters. The van der Waals surface area contributed by atoms with Gasteiger partial charge in [0.15, 0.2) is 0 Å². The van der Waals surface area contributed by atoms with Gasteiger partial charge < -0.3 is 14.4 Å². The minimum atomic E-state index is 0.0296. The van der Waals surface area contributed by atoms with Crippen LogP contribution < -0.4 is 9.64 Å². The van der Waals surface area contributed by atoms with Gasteiger partial charge in [-0.15, -0.1) is 0 Å². The molecular weight excluding hydrogens is 420 g/mol. The maximum Gasteiger partial charge on any atom is 0.140 e. The predicted octanol–water partition coefficient (Wildman–Crippen LogP) is 7.19. The monoisotopic (exact) mass is 454 g/mol. The van der Waals surface area contributed by atoms with Gasteiger partial charge in [0.2, 0.25) is 0 Å². The second-order valence-corrected chi connectivity index (χ2v) is 11.4. The van der Waals surface area contributed by atoms with Crippen LogP contribution in [-0.2, 0) is 15.6 Å². The number of hydrogen-bond donors (Lipinski definition) is 0. The van der Waals surface area contributed by atoms with Crippen molar-refractivity contribution >= 4 is 11.3 Å². The second kappa shape index (κ2) is 7.67. The maximum absolute atomic E-state index is 9.33. The molecule has 1 aromatic rings. The van der Waals surface area contributed by atoms with E-state index in [9.17, 15) is 5.26 Å². The van der Waals surface area contributed by atoms with Crippen LogP contribution >= 0.6 is 0 Å². The molecule has 4 aliphatic rings. The highest BCUT2D eigenvalue weighted by Crippen LogP contribution is 2.55. The minimum absolute atomic E-state index is 0.0296. The van der Waals surface area contributed by atoms with Crippen molar-refractivity contribution in [1.29, 1.82) is 5.26 Å². The van der Waals surface area contributed by atoms with Crippen molar-refractivity contribution < 1.29 is 9.47 Å². The normalized spacial score (nSPS) is 24.5. The lowest BCUT2D eigenvalue weighted by atomic mass is 9.68. The van der Waals surface area contributed by atoms with Crippen LogP contribution in [0.5, 0.6) is 5.75 Å². The molecule has 0 saturated heterocycles. The van der Waals surface area contributed by atoms with E-state index in [0.717, 1.165) is 42.4 Å². The quantitative estimate of drug-likeness (QED) is 0.421. The summed E-state index contributed by atoms with van der Waals surface area (Å²) in [6.07, 6.45) is 10.1. The van der Waals surface area contributed by atoms with Crippen LogP contribution in [0.15, 0.2) is 58.8 Å². The van der Waals surface area contributed by atoms with Crippen molar-refractivity contribution in [3.63, 3.8) is 0 Å². The summed E-state index contributed by atoms with van der Waals surface area (Å²) >= 11 is 0. The topological polar surface area (TPSA) is 45.5 Å². The molecule has 0 radical (unpaired) electrons. The minimum Gasteiger partial charge on any atom is -0.462 e. The molecule has 0 aromatic heterocycles. The fraction of sp³-hybridized carbons (Fsp3) is 0.433. The third-order valence-corrected chi connectivity index (χ3v) is 7.81. The first-order valence-electron chi connectivity index (χ1n) is 12.2. The smallest absolute Gasteiger partial charge is 0.140 e. The zero-order valence-corrected chi connectivity index (χ0v) is 21.4. The summed E-state index contributed by atoms with van der Waals surface area (Å²) in [4.78, 5) is 2.57. The Morgan fingerprint density at radius 2 is 1.74 bits per heavy atom. The van der Waals surface area contributed by atoms with E-state index in [1.807, 2.05) is 32.1 Å². The Balaban J connectivity index is 1.66. The van der Waals surface area contributed by atoms with E-state index in [1.54, 1.807) is 0 Å². The van der Waals surface area contributed by atoms with Gasteiger partial charge in [0.25, 0.3) is 0 Å². The number of anilines is 1. The number of hydrogen-bond acceptors (Lipinski definition) is 4. The van der Waals surface area contributed by atoms with Crippen LogP contribution in [0, 0.1) is 11.3 Å². The van der Waals surface area contributed by atoms with E-state index in [0.29, 0.717) is 11.3 Å². The highest BCUT2D eigenvalue weighted by molar-refractivity contribution is 5.83. The first-order chi connectivity index (χ1) is 16.0. The van der Waals surface area contributed by atoms with Crippen molar-refractivity contribution in [1.82, 2.24) is 0 Å². The fourth-order valence-corrected chi connectivity index (χ4v) is 5.61. The molecule has 0 fully saturated rings. The molecule has 5 rings (SSSR count). The van der Waals surface area contributed by atoms with Gasteiger partial charge in [0, 0.05) is 41.6 Å². The number of benzene rings is 1. The van der Waals surface area contributed by atoms with Crippen molar-refractivity contribution in [2.75, 3.05) is 18.0 Å². The largest absolute Gasteiger partial charge is 0.462 e. The van der Waals surface area contributed by atoms with Gasteiger partial charge in [-0.1, -0.05) is 27.7 Å². The van der Waals surface area contributed by atoms with Crippen LogP contribution in [0.1, 0.15) is 78.0 Å². The second-order valence-electron chi connectivity index (χ2n) is 11.4. The molecular formula is C30H34N2O2. The molecule has 0 saturated carbocycles. The summed E-state index contributed by atoms with van der Waals surface area (Å²) in [5.41, 5.74) is 8.30. The lowest BCUT2D eigenvalue weighted by molar-refractivity contribution is 0.313. The fourth-order valence-electron chi connectivity index (χ4n) is 5.61. The first-order valence-corrected chi connectivity index (χ1v) is 12.2. The average molecular weight is 455 g/mol. The van der Waals surface area contributed by atoms with E-state index < -0.39 is 0 Å². The summed E-state index contributed by atoms with van der Waals surface area (Å²) in [5.74, 6) is 3.20. The molecule has 0 N–H and O–H groups in total. The maximum atomic E-state index is 9.33. The number of rotatable bonds is 1. The Morgan fingerprint density at radius 3 is 2.44 bits per heavy atom. The zero-order valence-electron chi connectivity index (χ0n) is 21.4. The van der Waals surface area contributed by atoms with Gasteiger partial charge >= 0.3 is 0 Å². The van der Waals surface area contributed by atoms with Gasteiger partial charge in [-0.3, -0.25) is 0 Å². The van der Waals surface area contributed by atoms with Crippen molar-refractivity contribution in [2.45, 2.75) is 72.1 Å². The van der Waals surface area contributed by atoms with E-state index in [2.05, 4.69) is 57.7 Å². The summed E-state index contributed by atoms with van der Waals surface area (Å²) in [7, 11) is 0. The van der Waals surface area contributed by atoms with Gasteiger partial charge in [-0.2, -0.15) is 5.26 Å². The third kappa shape index (κ3) is 3.59. The number of allylic oxidation sites excluding steroid dienone is 8. The van der Waals surface area contributed by atoms with Crippen LogP contribution in [0.4, 0.5) is 5.69 Å². The molecule has 0 spiro atoms. The average Bonchev–Trinajstić information content (AvgIpc) is 2.76. The van der Waals surface area contributed by atoms with E-state index in [-0.39, 0.29) is 10.8 Å². The molecule has 1 aromatic carbocycles. The third-order valence-electron chi connectivity index (χ3n) is 7.81. The first kappa shape index (κ1) is 22.6. The summed E-state index contributed by atoms with van der Waals surface area (Å²) < 4.78 is 12.6. The lowest BCUT2D eigenvalue weighted by Gasteiger charge is -2.49. The Hall–Kier alpha value is -3.19. The van der Waals surface area contributed by atoms with E-state index in [1.165, 1.54) is 34.4 Å². The molecule has 4 heteroatoms. The highest BCUT2D eigenvalue weighted by atomic mass is 16.5. The van der Waals surface area contributed by atoms with Crippen LogP contribution in [-0.4, -0.2) is 13.1 Å². The summed E-state index contributed by atoms with van der Waals surface area (Å²) in [5, 5.41) is 9.33. The van der Waals surface area contributed by atoms with Crippen LogP contribution in [0.2, 0.25) is 0 Å². The number of nitrogens with zero attached hydrogens (tertiary/aromatic N) is 2. The molecule has 0 aliphatic carbocycles. The standard InChI is InChI=1S/C30H34N2O2/c1-18-12-22(15-23-14-21(19(2)17-31)13-20(3)33-23)34-28-24(18)16-25-27-26(28)30(6,7)9-11-32(27)10-8-29(25,4)5/h12-16H,8-11H2,1-7H3/b21-19+,22-15+. The number of fused-ring (bicyclic) bond motifs is 2.